The van der Waals surface area contributed by atoms with E-state index >= 15 is 0 Å². The second-order valence-corrected chi connectivity index (χ2v) is 3.71. The number of hydrogen-bond acceptors (Lipinski definition) is 2. The summed E-state index contributed by atoms with van der Waals surface area (Å²) in [6.07, 6.45) is 1.00. The van der Waals surface area contributed by atoms with Crippen molar-refractivity contribution in [3.63, 3.8) is 0 Å². The molecule has 0 aromatic heterocycles. The molecular weight excluding hydrogens is 146 g/mol. The standard InChI is InChI=1S/C7H17NOS/c1-4-7-10(9)8(5-2)6-3/h4-7H2,1-3H3/t10-/m1/s1. The van der Waals surface area contributed by atoms with Crippen LogP contribution in [0.4, 0.5) is 0 Å². The number of rotatable bonds is 5. The molecule has 0 N–H and O–H groups in total. The van der Waals surface area contributed by atoms with Crippen LogP contribution < -0.4 is 0 Å². The molecule has 0 fully saturated rings. The van der Waals surface area contributed by atoms with Gasteiger partial charge < -0.3 is 4.55 Å². The predicted octanol–water partition coefficient (Wildman–Crippen LogP) is 1.40. The zero-order chi connectivity index (χ0) is 7.98. The zero-order valence-electron chi connectivity index (χ0n) is 7.09. The van der Waals surface area contributed by atoms with Gasteiger partial charge >= 0.3 is 0 Å². The Morgan fingerprint density at radius 1 is 1.20 bits per heavy atom. The minimum absolute atomic E-state index is 0.725. The molecule has 3 heteroatoms. The van der Waals surface area contributed by atoms with Gasteiger partial charge in [0.2, 0.25) is 0 Å². The molecule has 0 aliphatic rings. The summed E-state index contributed by atoms with van der Waals surface area (Å²) in [4.78, 5) is 0. The Morgan fingerprint density at radius 3 is 2.00 bits per heavy atom. The van der Waals surface area contributed by atoms with Gasteiger partial charge in [0.15, 0.2) is 0 Å². The third-order valence-corrected chi connectivity index (χ3v) is 3.22. The maximum absolute atomic E-state index is 11.2. The molecule has 0 aromatic carbocycles. The highest BCUT2D eigenvalue weighted by Gasteiger charge is 2.12. The summed E-state index contributed by atoms with van der Waals surface area (Å²) in [7, 11) is 0. The normalized spacial score (nSPS) is 14.1. The lowest BCUT2D eigenvalue weighted by atomic mass is 10.6. The molecule has 0 radical (unpaired) electrons. The fraction of sp³-hybridized carbons (Fsp3) is 1.00. The molecule has 0 aliphatic carbocycles. The topological polar surface area (TPSA) is 26.3 Å². The van der Waals surface area contributed by atoms with E-state index in [0.29, 0.717) is 0 Å². The number of nitrogens with zero attached hydrogens (tertiary/aromatic N) is 1. The van der Waals surface area contributed by atoms with Crippen LogP contribution in [0.25, 0.3) is 0 Å². The Morgan fingerprint density at radius 2 is 1.70 bits per heavy atom. The van der Waals surface area contributed by atoms with E-state index < -0.39 is 11.4 Å². The van der Waals surface area contributed by atoms with Crippen molar-refractivity contribution in [1.82, 2.24) is 4.31 Å². The van der Waals surface area contributed by atoms with Gasteiger partial charge in [-0.05, 0) is 20.3 Å². The van der Waals surface area contributed by atoms with E-state index in [1.165, 1.54) is 0 Å². The highest BCUT2D eigenvalue weighted by atomic mass is 32.2. The van der Waals surface area contributed by atoms with Crippen LogP contribution in [0, 0.1) is 0 Å². The van der Waals surface area contributed by atoms with Gasteiger partial charge in [-0.3, -0.25) is 0 Å². The molecule has 0 unspecified atom stereocenters. The van der Waals surface area contributed by atoms with Crippen molar-refractivity contribution in [2.75, 3.05) is 18.8 Å². The predicted molar refractivity (Wildman–Crippen MR) is 46.2 cm³/mol. The maximum Gasteiger partial charge on any atom is 0.125 e. The SMILES string of the molecule is CCC[S@@+]([O-])N(CC)CC. The summed E-state index contributed by atoms with van der Waals surface area (Å²) in [6, 6.07) is 0. The van der Waals surface area contributed by atoms with E-state index in [9.17, 15) is 4.55 Å². The minimum Gasteiger partial charge on any atom is -0.598 e. The fourth-order valence-electron chi connectivity index (χ4n) is 0.815. The van der Waals surface area contributed by atoms with E-state index in [0.717, 1.165) is 25.3 Å². The van der Waals surface area contributed by atoms with Gasteiger partial charge in [0.25, 0.3) is 0 Å². The van der Waals surface area contributed by atoms with Crippen molar-refractivity contribution < 1.29 is 4.55 Å². The van der Waals surface area contributed by atoms with Gasteiger partial charge in [-0.1, -0.05) is 6.92 Å². The molecule has 0 aromatic rings. The Hall–Kier alpha value is 0.270. The van der Waals surface area contributed by atoms with Crippen molar-refractivity contribution in [1.29, 1.82) is 0 Å². The van der Waals surface area contributed by atoms with E-state index in [1.807, 2.05) is 18.2 Å². The van der Waals surface area contributed by atoms with Crippen molar-refractivity contribution in [3.05, 3.63) is 0 Å². The van der Waals surface area contributed by atoms with Crippen LogP contribution in [0.2, 0.25) is 0 Å². The molecule has 0 bridgehead atoms. The Kier molecular flexibility index (Phi) is 6.17. The molecule has 62 valence electrons. The molecule has 0 amide bonds. The lowest BCUT2D eigenvalue weighted by Gasteiger charge is -2.20. The summed E-state index contributed by atoms with van der Waals surface area (Å²) in [5.74, 6) is 0.807. The molecule has 0 rings (SSSR count). The second kappa shape index (κ2) is 6.01. The molecule has 1 atom stereocenters. The van der Waals surface area contributed by atoms with Crippen LogP contribution in [-0.4, -0.2) is 27.7 Å². The maximum atomic E-state index is 11.2. The lowest BCUT2D eigenvalue weighted by molar-refractivity contribution is 0.444. The van der Waals surface area contributed by atoms with Crippen molar-refractivity contribution >= 4 is 11.4 Å². The summed E-state index contributed by atoms with van der Waals surface area (Å²) in [5, 5.41) is 0. The van der Waals surface area contributed by atoms with Crippen LogP contribution in [0.1, 0.15) is 27.2 Å². The van der Waals surface area contributed by atoms with Gasteiger partial charge in [-0.2, -0.15) is 0 Å². The molecule has 2 nitrogen and oxygen atoms in total. The minimum atomic E-state index is -0.725. The van der Waals surface area contributed by atoms with Gasteiger partial charge in [-0.25, -0.2) is 0 Å². The first kappa shape index (κ1) is 10.3. The number of hydrogen-bond donors (Lipinski definition) is 0. The Bertz CT molecular complexity index is 76.0. The Labute approximate surface area is 66.9 Å². The van der Waals surface area contributed by atoms with Crippen LogP contribution in [0.5, 0.6) is 0 Å². The highest BCUT2D eigenvalue weighted by Crippen LogP contribution is 2.01. The van der Waals surface area contributed by atoms with E-state index in [-0.39, 0.29) is 0 Å². The van der Waals surface area contributed by atoms with Gasteiger partial charge in [-0.15, -0.1) is 4.31 Å². The first-order chi connectivity index (χ1) is 4.76. The van der Waals surface area contributed by atoms with Crippen LogP contribution >= 0.6 is 0 Å². The van der Waals surface area contributed by atoms with Crippen LogP contribution in [0.15, 0.2) is 0 Å². The van der Waals surface area contributed by atoms with E-state index in [2.05, 4.69) is 6.92 Å². The fourth-order valence-corrected chi connectivity index (χ4v) is 2.00. The quantitative estimate of drug-likeness (QED) is 0.573. The van der Waals surface area contributed by atoms with Crippen molar-refractivity contribution in [2.24, 2.45) is 0 Å². The average molecular weight is 163 g/mol. The van der Waals surface area contributed by atoms with Crippen molar-refractivity contribution in [3.8, 4) is 0 Å². The van der Waals surface area contributed by atoms with Crippen molar-refractivity contribution in [2.45, 2.75) is 27.2 Å². The molecule has 10 heavy (non-hydrogen) atoms. The van der Waals surface area contributed by atoms with E-state index in [1.54, 1.807) is 0 Å². The molecular formula is C7H17NOS. The zero-order valence-corrected chi connectivity index (χ0v) is 7.91. The third kappa shape index (κ3) is 3.44. The lowest BCUT2D eigenvalue weighted by Crippen LogP contribution is -2.32. The van der Waals surface area contributed by atoms with Gasteiger partial charge in [0.1, 0.15) is 5.75 Å². The smallest absolute Gasteiger partial charge is 0.125 e. The molecule has 0 saturated carbocycles. The third-order valence-electron chi connectivity index (χ3n) is 1.37. The molecule has 0 saturated heterocycles. The first-order valence-electron chi connectivity index (χ1n) is 3.89. The monoisotopic (exact) mass is 163 g/mol. The molecule has 0 aliphatic heterocycles. The van der Waals surface area contributed by atoms with Gasteiger partial charge in [0.05, 0.1) is 0 Å². The second-order valence-electron chi connectivity index (χ2n) is 2.14. The average Bonchev–Trinajstić information content (AvgIpc) is 1.91. The highest BCUT2D eigenvalue weighted by molar-refractivity contribution is 7.89. The van der Waals surface area contributed by atoms with Gasteiger partial charge in [0, 0.05) is 24.5 Å². The summed E-state index contributed by atoms with van der Waals surface area (Å²) >= 11 is -0.725. The first-order valence-corrected chi connectivity index (χ1v) is 5.17. The summed E-state index contributed by atoms with van der Waals surface area (Å²) < 4.78 is 13.2. The van der Waals surface area contributed by atoms with Crippen LogP contribution in [-0.2, 0) is 11.4 Å². The summed E-state index contributed by atoms with van der Waals surface area (Å²) in [6.45, 7) is 7.92. The van der Waals surface area contributed by atoms with Crippen LogP contribution in [0.3, 0.4) is 0 Å². The summed E-state index contributed by atoms with van der Waals surface area (Å²) in [5.41, 5.74) is 0. The Balaban J connectivity index is 3.53. The van der Waals surface area contributed by atoms with E-state index in [4.69, 9.17) is 0 Å². The molecule has 0 heterocycles. The largest absolute Gasteiger partial charge is 0.598 e. The molecule has 0 spiro atoms.